The molecule has 3 N–H and O–H groups in total. The predicted molar refractivity (Wildman–Crippen MR) is 72.9 cm³/mol. The van der Waals surface area contributed by atoms with Crippen molar-refractivity contribution in [3.05, 3.63) is 35.7 Å². The van der Waals surface area contributed by atoms with Crippen LogP contribution in [-0.2, 0) is 13.0 Å². The lowest BCUT2D eigenvalue weighted by Crippen LogP contribution is -2.29. The van der Waals surface area contributed by atoms with Gasteiger partial charge in [-0.15, -0.1) is 10.2 Å². The number of fused-ring (bicyclic) bond motifs is 1. The number of carbonyl (C=O) groups excluding carboxylic acids is 1. The number of hydrogen-bond donors (Lipinski definition) is 2. The summed E-state index contributed by atoms with van der Waals surface area (Å²) in [7, 11) is 0. The fourth-order valence-electron chi connectivity index (χ4n) is 2.37. The van der Waals surface area contributed by atoms with E-state index in [0.717, 1.165) is 31.0 Å². The van der Waals surface area contributed by atoms with Crippen LogP contribution in [-0.4, -0.2) is 25.7 Å². The fourth-order valence-corrected chi connectivity index (χ4v) is 2.37. The van der Waals surface area contributed by atoms with Gasteiger partial charge in [-0.1, -0.05) is 0 Å². The Bertz CT molecular complexity index is 633. The second-order valence-electron chi connectivity index (χ2n) is 4.90. The molecule has 20 heavy (non-hydrogen) atoms. The summed E-state index contributed by atoms with van der Waals surface area (Å²) in [6.07, 6.45) is 3.50. The molecule has 0 aromatic carbocycles. The molecule has 0 spiro atoms. The van der Waals surface area contributed by atoms with Gasteiger partial charge in [-0.05, 0) is 25.5 Å². The van der Waals surface area contributed by atoms with Gasteiger partial charge in [0, 0.05) is 13.0 Å². The zero-order chi connectivity index (χ0) is 14.1. The summed E-state index contributed by atoms with van der Waals surface area (Å²) in [5.41, 5.74) is 6.42. The standard InChI is InChI=1S/C13H16N6O/c1-8(12-18-17-11-3-2-6-19(11)12)16-13(20)10-5-4-9(14)7-15-10/h4-5,7-8H,2-3,6,14H2,1H3,(H,16,20). The van der Waals surface area contributed by atoms with Crippen LogP contribution >= 0.6 is 0 Å². The van der Waals surface area contributed by atoms with E-state index in [4.69, 9.17) is 5.73 Å². The summed E-state index contributed by atoms with van der Waals surface area (Å²) < 4.78 is 2.07. The molecule has 1 aliphatic heterocycles. The molecule has 2 aromatic heterocycles. The molecule has 2 aromatic rings. The average Bonchev–Trinajstić information content (AvgIpc) is 3.01. The van der Waals surface area contributed by atoms with Gasteiger partial charge in [0.2, 0.25) is 0 Å². The first-order valence-corrected chi connectivity index (χ1v) is 6.59. The maximum atomic E-state index is 12.1. The fraction of sp³-hybridized carbons (Fsp3) is 0.385. The molecule has 0 bridgehead atoms. The number of pyridine rings is 1. The normalized spacial score (nSPS) is 14.8. The number of amides is 1. The molecule has 7 heteroatoms. The number of anilines is 1. The summed E-state index contributed by atoms with van der Waals surface area (Å²) >= 11 is 0. The number of aromatic nitrogens is 4. The van der Waals surface area contributed by atoms with Crippen LogP contribution in [0, 0.1) is 0 Å². The molecule has 3 heterocycles. The quantitative estimate of drug-likeness (QED) is 0.856. The van der Waals surface area contributed by atoms with E-state index in [0.29, 0.717) is 11.4 Å². The van der Waals surface area contributed by atoms with E-state index in [1.54, 1.807) is 12.1 Å². The van der Waals surface area contributed by atoms with Crippen LogP contribution in [0.2, 0.25) is 0 Å². The molecule has 1 unspecified atom stereocenters. The van der Waals surface area contributed by atoms with Crippen LogP contribution in [0.3, 0.4) is 0 Å². The molecule has 0 saturated heterocycles. The van der Waals surface area contributed by atoms with Crippen LogP contribution in [0.1, 0.15) is 41.5 Å². The van der Waals surface area contributed by atoms with Gasteiger partial charge in [0.05, 0.1) is 17.9 Å². The van der Waals surface area contributed by atoms with Gasteiger partial charge in [0.15, 0.2) is 5.82 Å². The van der Waals surface area contributed by atoms with E-state index in [1.807, 2.05) is 6.92 Å². The first kappa shape index (κ1) is 12.6. The second-order valence-corrected chi connectivity index (χ2v) is 4.90. The molecule has 0 saturated carbocycles. The van der Waals surface area contributed by atoms with Crippen LogP contribution in [0.15, 0.2) is 18.3 Å². The Labute approximate surface area is 116 Å². The molecule has 1 aliphatic rings. The second kappa shape index (κ2) is 4.92. The minimum Gasteiger partial charge on any atom is -0.397 e. The van der Waals surface area contributed by atoms with Gasteiger partial charge in [-0.2, -0.15) is 0 Å². The Hall–Kier alpha value is -2.44. The Balaban J connectivity index is 1.73. The van der Waals surface area contributed by atoms with Crippen molar-refractivity contribution in [3.8, 4) is 0 Å². The summed E-state index contributed by atoms with van der Waals surface area (Å²) in [5.74, 6) is 1.54. The molecular weight excluding hydrogens is 256 g/mol. The molecule has 0 fully saturated rings. The Morgan fingerprint density at radius 2 is 2.30 bits per heavy atom. The SMILES string of the molecule is CC(NC(=O)c1ccc(N)cn1)c1nnc2n1CCC2. The van der Waals surface area contributed by atoms with Crippen LogP contribution in [0.5, 0.6) is 0 Å². The van der Waals surface area contributed by atoms with Gasteiger partial charge < -0.3 is 15.6 Å². The van der Waals surface area contributed by atoms with Crippen LogP contribution in [0.25, 0.3) is 0 Å². The molecule has 0 radical (unpaired) electrons. The molecule has 7 nitrogen and oxygen atoms in total. The molecule has 3 rings (SSSR count). The van der Waals surface area contributed by atoms with Crippen molar-refractivity contribution < 1.29 is 4.79 Å². The Morgan fingerprint density at radius 3 is 3.05 bits per heavy atom. The molecular formula is C13H16N6O. The monoisotopic (exact) mass is 272 g/mol. The van der Waals surface area contributed by atoms with Gasteiger partial charge in [-0.3, -0.25) is 4.79 Å². The minimum absolute atomic E-state index is 0.207. The highest BCUT2D eigenvalue weighted by Gasteiger charge is 2.22. The summed E-state index contributed by atoms with van der Waals surface area (Å²) in [4.78, 5) is 16.1. The lowest BCUT2D eigenvalue weighted by Gasteiger charge is -2.13. The van der Waals surface area contributed by atoms with Crippen LogP contribution < -0.4 is 11.1 Å². The largest absolute Gasteiger partial charge is 0.397 e. The highest BCUT2D eigenvalue weighted by atomic mass is 16.1. The van der Waals surface area contributed by atoms with Crippen molar-refractivity contribution >= 4 is 11.6 Å². The Morgan fingerprint density at radius 1 is 1.45 bits per heavy atom. The van der Waals surface area contributed by atoms with Gasteiger partial charge >= 0.3 is 0 Å². The molecule has 1 amide bonds. The number of rotatable bonds is 3. The smallest absolute Gasteiger partial charge is 0.270 e. The summed E-state index contributed by atoms with van der Waals surface area (Å²) in [5, 5.41) is 11.2. The highest BCUT2D eigenvalue weighted by Crippen LogP contribution is 2.19. The van der Waals surface area contributed by atoms with Crippen molar-refractivity contribution in [2.75, 3.05) is 5.73 Å². The van der Waals surface area contributed by atoms with Crippen molar-refractivity contribution in [2.24, 2.45) is 0 Å². The van der Waals surface area contributed by atoms with E-state index < -0.39 is 0 Å². The number of nitrogens with two attached hydrogens (primary N) is 1. The maximum absolute atomic E-state index is 12.1. The van der Waals surface area contributed by atoms with E-state index >= 15 is 0 Å². The van der Waals surface area contributed by atoms with Gasteiger partial charge in [0.1, 0.15) is 11.5 Å². The number of aryl methyl sites for hydroxylation is 1. The lowest BCUT2D eigenvalue weighted by molar-refractivity contribution is 0.0932. The lowest BCUT2D eigenvalue weighted by atomic mass is 10.2. The Kier molecular flexibility index (Phi) is 3.09. The number of nitrogens with zero attached hydrogens (tertiary/aromatic N) is 4. The first-order valence-electron chi connectivity index (χ1n) is 6.59. The molecule has 104 valence electrons. The summed E-state index contributed by atoms with van der Waals surface area (Å²) in [6.45, 7) is 2.81. The summed E-state index contributed by atoms with van der Waals surface area (Å²) in [6, 6.07) is 3.05. The molecule has 0 aliphatic carbocycles. The van der Waals surface area contributed by atoms with E-state index in [9.17, 15) is 4.79 Å². The number of carbonyl (C=O) groups is 1. The third kappa shape index (κ3) is 2.22. The number of nitrogen functional groups attached to an aromatic ring is 1. The first-order chi connectivity index (χ1) is 9.65. The molecule has 1 atom stereocenters. The number of hydrogen-bond acceptors (Lipinski definition) is 5. The van der Waals surface area contributed by atoms with Crippen molar-refractivity contribution in [2.45, 2.75) is 32.4 Å². The third-order valence-electron chi connectivity index (χ3n) is 3.39. The minimum atomic E-state index is -0.243. The zero-order valence-corrected chi connectivity index (χ0v) is 11.2. The topological polar surface area (TPSA) is 98.7 Å². The maximum Gasteiger partial charge on any atom is 0.270 e. The highest BCUT2D eigenvalue weighted by molar-refractivity contribution is 5.92. The number of nitrogens with one attached hydrogen (secondary N) is 1. The van der Waals surface area contributed by atoms with E-state index in [-0.39, 0.29) is 11.9 Å². The van der Waals surface area contributed by atoms with Crippen LogP contribution in [0.4, 0.5) is 5.69 Å². The van der Waals surface area contributed by atoms with Crippen molar-refractivity contribution in [1.29, 1.82) is 0 Å². The van der Waals surface area contributed by atoms with E-state index in [1.165, 1.54) is 6.20 Å². The third-order valence-corrected chi connectivity index (χ3v) is 3.39. The predicted octanol–water partition coefficient (Wildman–Crippen LogP) is 0.692. The van der Waals surface area contributed by atoms with Gasteiger partial charge in [-0.25, -0.2) is 4.98 Å². The average molecular weight is 272 g/mol. The van der Waals surface area contributed by atoms with Crippen molar-refractivity contribution in [3.63, 3.8) is 0 Å². The van der Waals surface area contributed by atoms with Gasteiger partial charge in [0.25, 0.3) is 5.91 Å². The zero-order valence-electron chi connectivity index (χ0n) is 11.2. The van der Waals surface area contributed by atoms with E-state index in [2.05, 4.69) is 25.1 Å². The van der Waals surface area contributed by atoms with Crippen molar-refractivity contribution in [1.82, 2.24) is 25.1 Å².